The number of carbonyl (C=O) groups is 2. The van der Waals surface area contributed by atoms with Gasteiger partial charge in [0.15, 0.2) is 0 Å². The zero-order valence-corrected chi connectivity index (χ0v) is 18.0. The lowest BCUT2D eigenvalue weighted by Gasteiger charge is -2.25. The van der Waals surface area contributed by atoms with Crippen LogP contribution in [0.2, 0.25) is 5.02 Å². The van der Waals surface area contributed by atoms with Crippen LogP contribution in [-0.2, 0) is 17.8 Å². The van der Waals surface area contributed by atoms with Crippen molar-refractivity contribution in [3.05, 3.63) is 45.3 Å². The van der Waals surface area contributed by atoms with Gasteiger partial charge in [-0.2, -0.15) is 0 Å². The van der Waals surface area contributed by atoms with E-state index in [1.165, 1.54) is 23.1 Å². The number of nitrogens with zero attached hydrogens (tertiary/aromatic N) is 1. The van der Waals surface area contributed by atoms with Gasteiger partial charge in [-0.05, 0) is 42.8 Å². The van der Waals surface area contributed by atoms with Crippen molar-refractivity contribution in [3.8, 4) is 0 Å². The lowest BCUT2D eigenvalue weighted by atomic mass is 10.0. The van der Waals surface area contributed by atoms with E-state index in [9.17, 15) is 9.59 Å². The van der Waals surface area contributed by atoms with E-state index in [1.807, 2.05) is 12.1 Å². The van der Waals surface area contributed by atoms with Gasteiger partial charge in [0.2, 0.25) is 5.91 Å². The maximum atomic E-state index is 12.3. The molecule has 146 valence electrons. The number of hydrogen-bond acceptors (Lipinski definition) is 5. The van der Waals surface area contributed by atoms with Crippen LogP contribution in [-0.4, -0.2) is 35.6 Å². The second kappa shape index (κ2) is 9.80. The standard InChI is InChI=1S/C18H20ClN3O2S2.ClH/c1-2-22-8-7-13-14(9-22)26-18(16(13)17(20)24)21-15(23)10-25-12-5-3-11(19)4-6-12;/h3-6H,2,7-10H2,1H3,(H2,20,24)(H,21,23);1H. The van der Waals surface area contributed by atoms with E-state index in [0.29, 0.717) is 15.6 Å². The van der Waals surface area contributed by atoms with Gasteiger partial charge in [-0.15, -0.1) is 35.5 Å². The Hall–Kier alpha value is -1.25. The second-order valence-electron chi connectivity index (χ2n) is 5.98. The van der Waals surface area contributed by atoms with E-state index in [1.54, 1.807) is 12.1 Å². The molecule has 1 aromatic heterocycles. The Kier molecular flexibility index (Phi) is 8.00. The van der Waals surface area contributed by atoms with Crippen molar-refractivity contribution in [2.24, 2.45) is 5.73 Å². The molecular weight excluding hydrogens is 425 g/mol. The highest BCUT2D eigenvalue weighted by Crippen LogP contribution is 2.37. The average molecular weight is 446 g/mol. The van der Waals surface area contributed by atoms with Crippen molar-refractivity contribution < 1.29 is 9.59 Å². The van der Waals surface area contributed by atoms with E-state index in [4.69, 9.17) is 17.3 Å². The number of hydrogen-bond donors (Lipinski definition) is 2. The monoisotopic (exact) mass is 445 g/mol. The molecule has 0 bridgehead atoms. The van der Waals surface area contributed by atoms with Crippen molar-refractivity contribution in [1.82, 2.24) is 4.90 Å². The number of nitrogens with two attached hydrogens (primary N) is 1. The number of primary amides is 1. The van der Waals surface area contributed by atoms with Crippen LogP contribution in [0.4, 0.5) is 5.00 Å². The summed E-state index contributed by atoms with van der Waals surface area (Å²) in [6, 6.07) is 7.33. The first-order chi connectivity index (χ1) is 12.5. The molecule has 3 N–H and O–H groups in total. The van der Waals surface area contributed by atoms with Crippen LogP contribution >= 0.6 is 47.1 Å². The minimum Gasteiger partial charge on any atom is -0.365 e. The Labute approximate surface area is 178 Å². The maximum absolute atomic E-state index is 12.3. The van der Waals surface area contributed by atoms with Gasteiger partial charge in [-0.3, -0.25) is 14.5 Å². The minimum atomic E-state index is -0.479. The molecule has 2 aromatic rings. The number of fused-ring (bicyclic) bond motifs is 1. The minimum absolute atomic E-state index is 0. The van der Waals surface area contributed by atoms with Crippen molar-refractivity contribution in [3.63, 3.8) is 0 Å². The summed E-state index contributed by atoms with van der Waals surface area (Å²) in [4.78, 5) is 28.7. The number of likely N-dealkylation sites (N-methyl/N-ethyl adjacent to an activating group) is 1. The summed E-state index contributed by atoms with van der Waals surface area (Å²) in [5, 5.41) is 4.11. The van der Waals surface area contributed by atoms with Crippen LogP contribution in [0.1, 0.15) is 27.7 Å². The summed E-state index contributed by atoms with van der Waals surface area (Å²) >= 11 is 8.74. The van der Waals surface area contributed by atoms with Crippen molar-refractivity contribution in [1.29, 1.82) is 0 Å². The van der Waals surface area contributed by atoms with Gasteiger partial charge >= 0.3 is 0 Å². The molecule has 2 amide bonds. The SMILES string of the molecule is CCN1CCc2c(sc(NC(=O)CSc3ccc(Cl)cc3)c2C(N)=O)C1.Cl. The summed E-state index contributed by atoms with van der Waals surface area (Å²) < 4.78 is 0. The van der Waals surface area contributed by atoms with Crippen LogP contribution in [0.25, 0.3) is 0 Å². The zero-order chi connectivity index (χ0) is 18.7. The number of thiophene rings is 1. The average Bonchev–Trinajstić information content (AvgIpc) is 2.98. The van der Waals surface area contributed by atoms with Gasteiger partial charge < -0.3 is 11.1 Å². The zero-order valence-electron chi connectivity index (χ0n) is 14.8. The highest BCUT2D eigenvalue weighted by molar-refractivity contribution is 8.00. The van der Waals surface area contributed by atoms with Crippen LogP contribution in [0.5, 0.6) is 0 Å². The van der Waals surface area contributed by atoms with Gasteiger partial charge in [0, 0.05) is 27.9 Å². The van der Waals surface area contributed by atoms with Crippen LogP contribution in [0, 0.1) is 0 Å². The Bertz CT molecular complexity index is 825. The van der Waals surface area contributed by atoms with Gasteiger partial charge in [0.25, 0.3) is 5.91 Å². The third kappa shape index (κ3) is 5.39. The van der Waals surface area contributed by atoms with Crippen molar-refractivity contribution in [2.45, 2.75) is 24.8 Å². The fraction of sp³-hybridized carbons (Fsp3) is 0.333. The molecule has 0 atom stereocenters. The number of benzene rings is 1. The quantitative estimate of drug-likeness (QED) is 0.657. The highest BCUT2D eigenvalue weighted by Gasteiger charge is 2.27. The first kappa shape index (κ1) is 22.0. The number of carbonyl (C=O) groups excluding carboxylic acids is 2. The van der Waals surface area contributed by atoms with E-state index >= 15 is 0 Å². The molecule has 1 aromatic carbocycles. The molecule has 0 aliphatic carbocycles. The van der Waals surface area contributed by atoms with Gasteiger partial charge in [-0.1, -0.05) is 18.5 Å². The molecule has 0 fully saturated rings. The molecule has 1 aliphatic rings. The lowest BCUT2D eigenvalue weighted by Crippen LogP contribution is -2.30. The van der Waals surface area contributed by atoms with E-state index in [2.05, 4.69) is 17.1 Å². The summed E-state index contributed by atoms with van der Waals surface area (Å²) in [5.74, 6) is -0.379. The lowest BCUT2D eigenvalue weighted by molar-refractivity contribution is -0.113. The Morgan fingerprint density at radius 2 is 2.04 bits per heavy atom. The highest BCUT2D eigenvalue weighted by atomic mass is 35.5. The number of nitrogens with one attached hydrogen (secondary N) is 1. The molecule has 0 spiro atoms. The van der Waals surface area contributed by atoms with Crippen LogP contribution in [0.3, 0.4) is 0 Å². The summed E-state index contributed by atoms with van der Waals surface area (Å²) in [6.45, 7) is 4.78. The third-order valence-corrected chi connectivity index (χ3v) is 6.66. The molecule has 0 saturated carbocycles. The molecule has 0 saturated heterocycles. The van der Waals surface area contributed by atoms with Crippen molar-refractivity contribution >= 4 is 63.9 Å². The van der Waals surface area contributed by atoms with Gasteiger partial charge in [0.1, 0.15) is 5.00 Å². The predicted octanol–water partition coefficient (Wildman–Crippen LogP) is 4.03. The smallest absolute Gasteiger partial charge is 0.251 e. The topological polar surface area (TPSA) is 75.4 Å². The molecule has 0 unspecified atom stereocenters. The Balaban J connectivity index is 0.00000261. The van der Waals surface area contributed by atoms with E-state index in [-0.39, 0.29) is 24.1 Å². The first-order valence-corrected chi connectivity index (χ1v) is 10.5. The summed E-state index contributed by atoms with van der Waals surface area (Å²) in [6.07, 6.45) is 0.785. The molecule has 1 aliphatic heterocycles. The van der Waals surface area contributed by atoms with Crippen LogP contribution < -0.4 is 11.1 Å². The first-order valence-electron chi connectivity index (χ1n) is 8.32. The Morgan fingerprint density at radius 3 is 2.67 bits per heavy atom. The molecule has 27 heavy (non-hydrogen) atoms. The van der Waals surface area contributed by atoms with E-state index < -0.39 is 5.91 Å². The van der Waals surface area contributed by atoms with Gasteiger partial charge in [-0.25, -0.2) is 0 Å². The third-order valence-electron chi connectivity index (χ3n) is 4.27. The maximum Gasteiger partial charge on any atom is 0.251 e. The fourth-order valence-corrected chi connectivity index (χ4v) is 5.05. The number of thioether (sulfide) groups is 1. The predicted molar refractivity (Wildman–Crippen MR) is 116 cm³/mol. The van der Waals surface area contributed by atoms with Crippen molar-refractivity contribution in [2.75, 3.05) is 24.2 Å². The number of halogens is 2. The number of anilines is 1. The number of rotatable bonds is 6. The molecule has 3 rings (SSSR count). The molecule has 0 radical (unpaired) electrons. The molecular formula is C18H21Cl2N3O2S2. The van der Waals surface area contributed by atoms with Crippen LogP contribution in [0.15, 0.2) is 29.2 Å². The number of amides is 2. The summed E-state index contributed by atoms with van der Waals surface area (Å²) in [7, 11) is 0. The van der Waals surface area contributed by atoms with Gasteiger partial charge in [0.05, 0.1) is 11.3 Å². The molecule has 2 heterocycles. The normalized spacial score (nSPS) is 13.6. The van der Waals surface area contributed by atoms with E-state index in [0.717, 1.165) is 41.4 Å². The Morgan fingerprint density at radius 1 is 1.33 bits per heavy atom. The molecule has 5 nitrogen and oxygen atoms in total. The molecule has 9 heteroatoms. The summed E-state index contributed by atoms with van der Waals surface area (Å²) in [5.41, 5.74) is 7.06. The largest absolute Gasteiger partial charge is 0.365 e. The second-order valence-corrected chi connectivity index (χ2v) is 8.57. The fourth-order valence-electron chi connectivity index (χ4n) is 2.92.